The third kappa shape index (κ3) is 5.83. The van der Waals surface area contributed by atoms with Gasteiger partial charge in [0, 0.05) is 10.6 Å². The molecule has 0 saturated carbocycles. The zero-order chi connectivity index (χ0) is 23.3. The highest BCUT2D eigenvalue weighted by Crippen LogP contribution is 2.28. The highest BCUT2D eigenvalue weighted by atomic mass is 32.2. The van der Waals surface area contributed by atoms with E-state index in [1.54, 1.807) is 30.3 Å². The Balaban J connectivity index is 1.74. The number of carbonyl (C=O) groups excluding carboxylic acids is 1. The number of carbonyl (C=O) groups is 1. The fourth-order valence-corrected chi connectivity index (χ4v) is 5.03. The first-order chi connectivity index (χ1) is 15.2. The zero-order valence-electron chi connectivity index (χ0n) is 18.4. The largest absolute Gasteiger partial charge is 0.495 e. The van der Waals surface area contributed by atoms with Gasteiger partial charge >= 0.3 is 0 Å². The molecule has 0 aromatic heterocycles. The molecule has 6 nitrogen and oxygen atoms in total. The van der Waals surface area contributed by atoms with Crippen molar-refractivity contribution in [1.29, 1.82) is 0 Å². The summed E-state index contributed by atoms with van der Waals surface area (Å²) in [5, 5.41) is 2.83. The van der Waals surface area contributed by atoms with Gasteiger partial charge in [-0.1, -0.05) is 35.9 Å². The molecule has 3 aromatic carbocycles. The number of aryl methyl sites for hydroxylation is 3. The van der Waals surface area contributed by atoms with E-state index in [9.17, 15) is 13.2 Å². The van der Waals surface area contributed by atoms with Crippen LogP contribution in [0.5, 0.6) is 5.75 Å². The van der Waals surface area contributed by atoms with E-state index < -0.39 is 10.0 Å². The number of rotatable bonds is 8. The van der Waals surface area contributed by atoms with Crippen LogP contribution in [0.4, 0.5) is 11.4 Å². The van der Waals surface area contributed by atoms with Gasteiger partial charge in [-0.25, -0.2) is 8.42 Å². The second kappa shape index (κ2) is 10.1. The number of hydrogen-bond donors (Lipinski definition) is 2. The molecule has 0 atom stereocenters. The number of para-hydroxylation sites is 2. The molecule has 2 N–H and O–H groups in total. The lowest BCUT2D eigenvalue weighted by atomic mass is 10.2. The second-order valence-electron chi connectivity index (χ2n) is 7.39. The average Bonchev–Trinajstić information content (AvgIpc) is 2.74. The smallest absolute Gasteiger partial charge is 0.262 e. The monoisotopic (exact) mass is 470 g/mol. The van der Waals surface area contributed by atoms with Gasteiger partial charge in [-0.3, -0.25) is 9.52 Å². The number of nitrogens with one attached hydrogen (secondary N) is 2. The number of ether oxygens (including phenoxy) is 1. The molecular formula is C24H26N2O4S2. The number of benzene rings is 3. The first-order valence-corrected chi connectivity index (χ1v) is 12.4. The van der Waals surface area contributed by atoms with Gasteiger partial charge in [0.15, 0.2) is 0 Å². The van der Waals surface area contributed by atoms with E-state index in [2.05, 4.69) is 16.1 Å². The van der Waals surface area contributed by atoms with Gasteiger partial charge in [0.1, 0.15) is 5.75 Å². The van der Waals surface area contributed by atoms with Gasteiger partial charge in [-0.2, -0.15) is 0 Å². The summed E-state index contributed by atoms with van der Waals surface area (Å²) in [7, 11) is -2.40. The number of sulfonamides is 1. The van der Waals surface area contributed by atoms with E-state index in [1.807, 2.05) is 32.9 Å². The Morgan fingerprint density at radius 2 is 1.69 bits per heavy atom. The van der Waals surface area contributed by atoms with E-state index in [0.717, 1.165) is 16.0 Å². The summed E-state index contributed by atoms with van der Waals surface area (Å²) in [6, 6.07) is 17.5. The lowest BCUT2D eigenvalue weighted by molar-refractivity contribution is -0.113. The molecule has 0 fully saturated rings. The Labute approximate surface area is 193 Å². The van der Waals surface area contributed by atoms with Crippen LogP contribution in [-0.2, 0) is 14.8 Å². The molecule has 0 unspecified atom stereocenters. The normalized spacial score (nSPS) is 11.1. The fraction of sp³-hybridized carbons (Fsp3) is 0.208. The predicted octanol–water partition coefficient (Wildman–Crippen LogP) is 5.15. The molecule has 0 bridgehead atoms. The van der Waals surface area contributed by atoms with Crippen molar-refractivity contribution >= 4 is 39.1 Å². The minimum absolute atomic E-state index is 0.0475. The van der Waals surface area contributed by atoms with Crippen LogP contribution in [0.25, 0.3) is 0 Å². The number of thioether (sulfide) groups is 1. The minimum atomic E-state index is -3.87. The van der Waals surface area contributed by atoms with Crippen LogP contribution in [0, 0.1) is 20.8 Å². The van der Waals surface area contributed by atoms with Crippen molar-refractivity contribution in [2.75, 3.05) is 22.9 Å². The van der Waals surface area contributed by atoms with Crippen LogP contribution < -0.4 is 14.8 Å². The molecule has 32 heavy (non-hydrogen) atoms. The molecule has 8 heteroatoms. The van der Waals surface area contributed by atoms with Crippen LogP contribution in [-0.4, -0.2) is 27.2 Å². The molecule has 0 aliphatic rings. The quantitative estimate of drug-likeness (QED) is 0.445. The SMILES string of the molecule is COc1ccccc1NS(=O)(=O)c1ccc(C)c(NC(=O)CSc2ccc(C)cc2C)c1. The summed E-state index contributed by atoms with van der Waals surface area (Å²) < 4.78 is 33.6. The standard InChI is InChI=1S/C24H26N2O4S2/c1-16-9-12-23(18(3)13-16)31-15-24(27)25-21-14-19(11-10-17(21)2)32(28,29)26-20-7-5-6-8-22(20)30-4/h5-14,26H,15H2,1-4H3,(H,25,27). The van der Waals surface area contributed by atoms with E-state index in [0.29, 0.717) is 17.1 Å². The summed E-state index contributed by atoms with van der Waals surface area (Å²) in [6.45, 7) is 5.86. The maximum absolute atomic E-state index is 12.9. The molecule has 0 aliphatic carbocycles. The minimum Gasteiger partial charge on any atom is -0.495 e. The maximum Gasteiger partial charge on any atom is 0.262 e. The molecule has 0 heterocycles. The number of methoxy groups -OCH3 is 1. The first kappa shape index (κ1) is 23.7. The lowest BCUT2D eigenvalue weighted by Gasteiger charge is -2.14. The summed E-state index contributed by atoms with van der Waals surface area (Å²) in [4.78, 5) is 13.6. The Morgan fingerprint density at radius 3 is 2.41 bits per heavy atom. The van der Waals surface area contributed by atoms with Crippen LogP contribution in [0.15, 0.2) is 70.5 Å². The zero-order valence-corrected chi connectivity index (χ0v) is 20.1. The second-order valence-corrected chi connectivity index (χ2v) is 10.1. The molecule has 0 radical (unpaired) electrons. The number of hydrogen-bond acceptors (Lipinski definition) is 5. The third-order valence-corrected chi connectivity index (χ3v) is 7.37. The molecule has 3 rings (SSSR count). The van der Waals surface area contributed by atoms with Crippen molar-refractivity contribution in [3.63, 3.8) is 0 Å². The molecule has 1 amide bonds. The van der Waals surface area contributed by atoms with E-state index >= 15 is 0 Å². The van der Waals surface area contributed by atoms with Gasteiger partial charge in [0.2, 0.25) is 5.91 Å². The summed E-state index contributed by atoms with van der Waals surface area (Å²) >= 11 is 1.45. The van der Waals surface area contributed by atoms with Gasteiger partial charge in [0.05, 0.1) is 23.4 Å². The van der Waals surface area contributed by atoms with E-state index in [4.69, 9.17) is 4.74 Å². The molecule has 168 valence electrons. The highest BCUT2D eigenvalue weighted by molar-refractivity contribution is 8.00. The van der Waals surface area contributed by atoms with Gasteiger partial charge in [0.25, 0.3) is 10.0 Å². The summed E-state index contributed by atoms with van der Waals surface area (Å²) in [6.07, 6.45) is 0. The molecule has 0 saturated heterocycles. The summed E-state index contributed by atoms with van der Waals surface area (Å²) in [5.74, 6) is 0.435. The molecular weight excluding hydrogens is 444 g/mol. The van der Waals surface area contributed by atoms with Gasteiger partial charge in [-0.05, 0) is 62.2 Å². The first-order valence-electron chi connectivity index (χ1n) is 9.96. The Morgan fingerprint density at radius 1 is 0.938 bits per heavy atom. The lowest BCUT2D eigenvalue weighted by Crippen LogP contribution is -2.17. The molecule has 0 aliphatic heterocycles. The topological polar surface area (TPSA) is 84.5 Å². The summed E-state index contributed by atoms with van der Waals surface area (Å²) in [5.41, 5.74) is 3.86. The Hall–Kier alpha value is -2.97. The van der Waals surface area contributed by atoms with Crippen LogP contribution >= 0.6 is 11.8 Å². The Bertz CT molecular complexity index is 1240. The highest BCUT2D eigenvalue weighted by Gasteiger charge is 2.18. The van der Waals surface area contributed by atoms with E-state index in [1.165, 1.54) is 36.6 Å². The maximum atomic E-state index is 12.9. The fourth-order valence-electron chi connectivity index (χ4n) is 3.13. The average molecular weight is 471 g/mol. The van der Waals surface area contributed by atoms with Crippen molar-refractivity contribution in [2.24, 2.45) is 0 Å². The third-order valence-electron chi connectivity index (χ3n) is 4.83. The molecule has 3 aromatic rings. The van der Waals surface area contributed by atoms with Crippen LogP contribution in [0.3, 0.4) is 0 Å². The molecule has 0 spiro atoms. The predicted molar refractivity (Wildman–Crippen MR) is 130 cm³/mol. The van der Waals surface area contributed by atoms with Gasteiger partial charge in [-0.15, -0.1) is 11.8 Å². The van der Waals surface area contributed by atoms with E-state index in [-0.39, 0.29) is 16.6 Å². The van der Waals surface area contributed by atoms with Gasteiger partial charge < -0.3 is 10.1 Å². The van der Waals surface area contributed by atoms with Crippen LogP contribution in [0.2, 0.25) is 0 Å². The van der Waals surface area contributed by atoms with Crippen molar-refractivity contribution in [1.82, 2.24) is 0 Å². The number of anilines is 2. The number of amides is 1. The van der Waals surface area contributed by atoms with Crippen LogP contribution in [0.1, 0.15) is 16.7 Å². The van der Waals surface area contributed by atoms with Crippen molar-refractivity contribution in [3.8, 4) is 5.75 Å². The van der Waals surface area contributed by atoms with Crippen molar-refractivity contribution in [3.05, 3.63) is 77.4 Å². The van der Waals surface area contributed by atoms with Crippen molar-refractivity contribution in [2.45, 2.75) is 30.6 Å². The van der Waals surface area contributed by atoms with Crippen molar-refractivity contribution < 1.29 is 17.9 Å². The Kier molecular flexibility index (Phi) is 7.48.